The minimum Gasteiger partial charge on any atom is -0.477 e. The highest BCUT2D eigenvalue weighted by molar-refractivity contribution is 7.14. The van der Waals surface area contributed by atoms with E-state index < -0.39 is 0 Å². The number of anilines is 1. The normalized spacial score (nSPS) is 15.4. The first-order valence-corrected chi connectivity index (χ1v) is 9.69. The van der Waals surface area contributed by atoms with Gasteiger partial charge in [-0.25, -0.2) is 9.97 Å². The molecule has 3 rings (SSSR count). The van der Waals surface area contributed by atoms with E-state index in [1.54, 1.807) is 13.2 Å². The standard InChI is InChI=1S/C18H25N5OS/c1-3-20-17(19-2)23-18-22-15(12-25-18)14-9-6-10-21-16(14)24-11-13-7-4-5-8-13/h6,9-10,12-13H,3-5,7-8,11H2,1-2H3,(H2,19,20,22,23). The molecule has 25 heavy (non-hydrogen) atoms. The van der Waals surface area contributed by atoms with Crippen LogP contribution in [0.2, 0.25) is 0 Å². The van der Waals surface area contributed by atoms with E-state index in [4.69, 9.17) is 4.74 Å². The van der Waals surface area contributed by atoms with Crippen LogP contribution < -0.4 is 15.4 Å². The van der Waals surface area contributed by atoms with Crippen LogP contribution in [0.4, 0.5) is 5.13 Å². The molecule has 0 radical (unpaired) electrons. The van der Waals surface area contributed by atoms with Crippen LogP contribution in [0, 0.1) is 5.92 Å². The molecule has 0 spiro atoms. The van der Waals surface area contributed by atoms with Crippen molar-refractivity contribution in [2.75, 3.05) is 25.5 Å². The van der Waals surface area contributed by atoms with Gasteiger partial charge in [-0.2, -0.15) is 0 Å². The van der Waals surface area contributed by atoms with Gasteiger partial charge in [0.05, 0.1) is 17.9 Å². The Labute approximate surface area is 152 Å². The second kappa shape index (κ2) is 8.80. The summed E-state index contributed by atoms with van der Waals surface area (Å²) in [5.74, 6) is 2.04. The van der Waals surface area contributed by atoms with Gasteiger partial charge in [0.1, 0.15) is 0 Å². The van der Waals surface area contributed by atoms with Crippen LogP contribution in [0.3, 0.4) is 0 Å². The molecule has 0 saturated heterocycles. The molecule has 1 fully saturated rings. The Bertz CT molecular complexity index is 709. The SMILES string of the molecule is CCNC(=NC)Nc1nc(-c2cccnc2OCC2CCCC2)cs1. The van der Waals surface area contributed by atoms with E-state index in [9.17, 15) is 0 Å². The van der Waals surface area contributed by atoms with Crippen LogP contribution >= 0.6 is 11.3 Å². The number of thiazole rings is 1. The minimum atomic E-state index is 0.658. The summed E-state index contributed by atoms with van der Waals surface area (Å²) in [6.45, 7) is 3.58. The molecule has 2 heterocycles. The Hall–Kier alpha value is -2.15. The fraction of sp³-hybridized carbons (Fsp3) is 0.500. The lowest BCUT2D eigenvalue weighted by Crippen LogP contribution is -2.30. The summed E-state index contributed by atoms with van der Waals surface area (Å²) >= 11 is 1.54. The molecular weight excluding hydrogens is 334 g/mol. The first kappa shape index (κ1) is 17.7. The molecule has 1 aliphatic carbocycles. The fourth-order valence-electron chi connectivity index (χ4n) is 2.98. The van der Waals surface area contributed by atoms with Crippen molar-refractivity contribution in [2.24, 2.45) is 10.9 Å². The zero-order valence-electron chi connectivity index (χ0n) is 14.8. The zero-order valence-corrected chi connectivity index (χ0v) is 15.6. The minimum absolute atomic E-state index is 0.658. The molecular formula is C18H25N5OS. The lowest BCUT2D eigenvalue weighted by Gasteiger charge is -2.12. The van der Waals surface area contributed by atoms with Crippen molar-refractivity contribution in [3.05, 3.63) is 23.7 Å². The molecule has 2 aromatic heterocycles. The van der Waals surface area contributed by atoms with Crippen LogP contribution in [0.15, 0.2) is 28.7 Å². The molecule has 0 bridgehead atoms. The Morgan fingerprint density at radius 2 is 2.24 bits per heavy atom. The largest absolute Gasteiger partial charge is 0.477 e. The van der Waals surface area contributed by atoms with Gasteiger partial charge in [-0.3, -0.25) is 4.99 Å². The van der Waals surface area contributed by atoms with Crippen molar-refractivity contribution in [3.8, 4) is 17.1 Å². The highest BCUT2D eigenvalue weighted by atomic mass is 32.1. The smallest absolute Gasteiger partial charge is 0.222 e. The number of nitrogens with zero attached hydrogens (tertiary/aromatic N) is 3. The summed E-state index contributed by atoms with van der Waals surface area (Å²) < 4.78 is 6.02. The molecule has 1 saturated carbocycles. The fourth-order valence-corrected chi connectivity index (χ4v) is 3.69. The number of ether oxygens (including phenoxy) is 1. The number of pyridine rings is 1. The van der Waals surface area contributed by atoms with Crippen molar-refractivity contribution in [1.82, 2.24) is 15.3 Å². The van der Waals surface area contributed by atoms with Crippen molar-refractivity contribution >= 4 is 22.4 Å². The molecule has 1 aliphatic rings. The van der Waals surface area contributed by atoms with E-state index in [1.807, 2.05) is 24.4 Å². The van der Waals surface area contributed by atoms with E-state index in [-0.39, 0.29) is 0 Å². The van der Waals surface area contributed by atoms with Gasteiger partial charge in [-0.15, -0.1) is 11.3 Å². The molecule has 0 amide bonds. The summed E-state index contributed by atoms with van der Waals surface area (Å²) in [5.41, 5.74) is 1.80. The molecule has 0 aliphatic heterocycles. The lowest BCUT2D eigenvalue weighted by atomic mass is 10.1. The number of guanidine groups is 1. The van der Waals surface area contributed by atoms with Gasteiger partial charge in [0, 0.05) is 25.2 Å². The van der Waals surface area contributed by atoms with Gasteiger partial charge in [-0.1, -0.05) is 12.8 Å². The number of hydrogen-bond donors (Lipinski definition) is 2. The lowest BCUT2D eigenvalue weighted by molar-refractivity contribution is 0.244. The molecule has 7 heteroatoms. The van der Waals surface area contributed by atoms with Crippen molar-refractivity contribution in [3.63, 3.8) is 0 Å². The highest BCUT2D eigenvalue weighted by Crippen LogP contribution is 2.32. The third-order valence-electron chi connectivity index (χ3n) is 4.27. The monoisotopic (exact) mass is 359 g/mol. The highest BCUT2D eigenvalue weighted by Gasteiger charge is 2.18. The number of aliphatic imine (C=N–C) groups is 1. The maximum atomic E-state index is 6.02. The summed E-state index contributed by atoms with van der Waals surface area (Å²) in [6.07, 6.45) is 6.92. The molecule has 2 N–H and O–H groups in total. The Morgan fingerprint density at radius 3 is 3.00 bits per heavy atom. The summed E-state index contributed by atoms with van der Waals surface area (Å²) in [5, 5.41) is 9.17. The van der Waals surface area contributed by atoms with Gasteiger partial charge in [0.2, 0.25) is 5.88 Å². The van der Waals surface area contributed by atoms with Crippen LogP contribution in [-0.4, -0.2) is 36.1 Å². The first-order chi connectivity index (χ1) is 12.3. The van der Waals surface area contributed by atoms with E-state index in [0.717, 1.165) is 29.5 Å². The Balaban J connectivity index is 1.71. The van der Waals surface area contributed by atoms with Crippen molar-refractivity contribution in [2.45, 2.75) is 32.6 Å². The summed E-state index contributed by atoms with van der Waals surface area (Å²) in [7, 11) is 1.75. The van der Waals surface area contributed by atoms with Gasteiger partial charge < -0.3 is 15.4 Å². The average Bonchev–Trinajstić information content (AvgIpc) is 3.32. The predicted octanol–water partition coefficient (Wildman–Crippen LogP) is 3.78. The first-order valence-electron chi connectivity index (χ1n) is 8.81. The van der Waals surface area contributed by atoms with E-state index in [1.165, 1.54) is 37.0 Å². The number of hydrogen-bond acceptors (Lipinski definition) is 5. The van der Waals surface area contributed by atoms with E-state index in [2.05, 4.69) is 25.6 Å². The molecule has 134 valence electrons. The molecule has 0 unspecified atom stereocenters. The Morgan fingerprint density at radius 1 is 1.40 bits per heavy atom. The number of aromatic nitrogens is 2. The van der Waals surface area contributed by atoms with Crippen molar-refractivity contribution < 1.29 is 4.74 Å². The Kier molecular flexibility index (Phi) is 6.22. The number of nitrogens with one attached hydrogen (secondary N) is 2. The topological polar surface area (TPSA) is 71.4 Å². The zero-order chi connectivity index (χ0) is 17.5. The van der Waals surface area contributed by atoms with Gasteiger partial charge in [0.25, 0.3) is 0 Å². The summed E-state index contributed by atoms with van der Waals surface area (Å²) in [6, 6.07) is 3.93. The maximum Gasteiger partial charge on any atom is 0.222 e. The van der Waals surface area contributed by atoms with Crippen LogP contribution in [0.1, 0.15) is 32.6 Å². The summed E-state index contributed by atoms with van der Waals surface area (Å²) in [4.78, 5) is 13.2. The molecule has 2 aromatic rings. The third-order valence-corrected chi connectivity index (χ3v) is 5.03. The van der Waals surface area contributed by atoms with Crippen LogP contribution in [0.5, 0.6) is 5.88 Å². The maximum absolute atomic E-state index is 6.02. The van der Waals surface area contributed by atoms with Crippen LogP contribution in [0.25, 0.3) is 11.3 Å². The number of rotatable bonds is 6. The van der Waals surface area contributed by atoms with E-state index in [0.29, 0.717) is 17.8 Å². The average molecular weight is 359 g/mol. The second-order valence-corrected chi connectivity index (χ2v) is 6.94. The van der Waals surface area contributed by atoms with Gasteiger partial charge in [-0.05, 0) is 37.8 Å². The van der Waals surface area contributed by atoms with E-state index >= 15 is 0 Å². The van der Waals surface area contributed by atoms with Gasteiger partial charge in [0.15, 0.2) is 11.1 Å². The van der Waals surface area contributed by atoms with Crippen LogP contribution in [-0.2, 0) is 0 Å². The predicted molar refractivity (Wildman–Crippen MR) is 103 cm³/mol. The molecule has 0 atom stereocenters. The second-order valence-electron chi connectivity index (χ2n) is 6.08. The van der Waals surface area contributed by atoms with Gasteiger partial charge >= 0.3 is 0 Å². The quantitative estimate of drug-likeness (QED) is 0.607. The van der Waals surface area contributed by atoms with Crippen molar-refractivity contribution in [1.29, 1.82) is 0 Å². The molecule has 0 aromatic carbocycles. The third kappa shape index (κ3) is 4.69. The molecule has 6 nitrogen and oxygen atoms in total.